The molecule has 0 saturated heterocycles. The average molecular weight is 288 g/mol. The highest BCUT2D eigenvalue weighted by atomic mass is 32.2. The Morgan fingerprint density at radius 3 is 2.05 bits per heavy atom. The number of non-ortho nitro benzene ring substituents is 1. The van der Waals surface area contributed by atoms with Gasteiger partial charge in [0, 0.05) is 28.0 Å². The van der Waals surface area contributed by atoms with Crippen LogP contribution in [0, 0.1) is 10.1 Å². The lowest BCUT2D eigenvalue weighted by Crippen LogP contribution is -2.07. The number of rotatable bonds is 5. The fraction of sp³-hybridized carbons (Fsp3) is 0.200. The summed E-state index contributed by atoms with van der Waals surface area (Å²) in [5, 5.41) is 10.6. The van der Waals surface area contributed by atoms with E-state index in [1.807, 2.05) is 24.3 Å². The lowest BCUT2D eigenvalue weighted by Gasteiger charge is -2.09. The topological polar surface area (TPSA) is 69.2 Å². The molecule has 4 nitrogen and oxygen atoms in total. The van der Waals surface area contributed by atoms with E-state index >= 15 is 0 Å². The highest BCUT2D eigenvalue weighted by Gasteiger charge is 2.06. The summed E-state index contributed by atoms with van der Waals surface area (Å²) in [7, 11) is 0. The van der Waals surface area contributed by atoms with Crippen molar-refractivity contribution in [2.45, 2.75) is 29.2 Å². The van der Waals surface area contributed by atoms with Crippen LogP contribution in [0.25, 0.3) is 0 Å². The molecule has 0 fully saturated rings. The third kappa shape index (κ3) is 3.59. The minimum atomic E-state index is -0.393. The van der Waals surface area contributed by atoms with Crippen molar-refractivity contribution in [2.75, 3.05) is 0 Å². The molecule has 1 atom stereocenters. The number of nitrogens with two attached hydrogens (primary N) is 1. The van der Waals surface area contributed by atoms with Gasteiger partial charge in [-0.25, -0.2) is 0 Å². The summed E-state index contributed by atoms with van der Waals surface area (Å²) in [6.45, 7) is 2.06. The third-order valence-electron chi connectivity index (χ3n) is 3.03. The molecule has 0 aliphatic rings. The Morgan fingerprint density at radius 1 is 1.10 bits per heavy atom. The van der Waals surface area contributed by atoms with Crippen molar-refractivity contribution >= 4 is 17.4 Å². The first kappa shape index (κ1) is 14.6. The van der Waals surface area contributed by atoms with Gasteiger partial charge in [0.2, 0.25) is 0 Å². The zero-order chi connectivity index (χ0) is 14.5. The van der Waals surface area contributed by atoms with Crippen LogP contribution in [0.15, 0.2) is 58.3 Å². The molecule has 1 unspecified atom stereocenters. The van der Waals surface area contributed by atoms with Gasteiger partial charge < -0.3 is 5.73 Å². The fourth-order valence-electron chi connectivity index (χ4n) is 1.79. The van der Waals surface area contributed by atoms with Crippen LogP contribution in [-0.4, -0.2) is 4.92 Å². The number of hydrogen-bond acceptors (Lipinski definition) is 4. The Morgan fingerprint density at radius 2 is 1.60 bits per heavy atom. The minimum Gasteiger partial charge on any atom is -0.324 e. The Hall–Kier alpha value is -1.85. The van der Waals surface area contributed by atoms with Gasteiger partial charge in [0.15, 0.2) is 0 Å². The normalized spacial score (nSPS) is 12.1. The molecule has 20 heavy (non-hydrogen) atoms. The van der Waals surface area contributed by atoms with Crippen LogP contribution in [0.5, 0.6) is 0 Å². The summed E-state index contributed by atoms with van der Waals surface area (Å²) in [6.07, 6.45) is 0.912. The molecule has 2 aromatic carbocycles. The van der Waals surface area contributed by atoms with E-state index < -0.39 is 4.92 Å². The number of nitrogens with zero attached hydrogens (tertiary/aromatic N) is 1. The first-order valence-corrected chi connectivity index (χ1v) is 7.19. The SMILES string of the molecule is CCC(N)c1ccc(Sc2ccc([N+](=O)[O-])cc2)cc1. The molecule has 2 N–H and O–H groups in total. The maximum Gasteiger partial charge on any atom is 0.269 e. The molecule has 0 aliphatic carbocycles. The van der Waals surface area contributed by atoms with E-state index in [1.54, 1.807) is 23.9 Å². The largest absolute Gasteiger partial charge is 0.324 e. The van der Waals surface area contributed by atoms with E-state index in [0.717, 1.165) is 21.8 Å². The van der Waals surface area contributed by atoms with E-state index in [9.17, 15) is 10.1 Å². The first-order chi connectivity index (χ1) is 9.60. The number of nitro groups is 1. The molecule has 0 heterocycles. The highest BCUT2D eigenvalue weighted by molar-refractivity contribution is 7.99. The molecule has 104 valence electrons. The van der Waals surface area contributed by atoms with Crippen LogP contribution in [0.3, 0.4) is 0 Å². The smallest absolute Gasteiger partial charge is 0.269 e. The van der Waals surface area contributed by atoms with Crippen LogP contribution >= 0.6 is 11.8 Å². The summed E-state index contributed by atoms with van der Waals surface area (Å²) in [5.74, 6) is 0. The van der Waals surface area contributed by atoms with Crippen molar-refractivity contribution < 1.29 is 4.92 Å². The van der Waals surface area contributed by atoms with Gasteiger partial charge in [-0.15, -0.1) is 0 Å². The van der Waals surface area contributed by atoms with Gasteiger partial charge in [0.25, 0.3) is 5.69 Å². The maximum atomic E-state index is 10.6. The predicted molar refractivity (Wildman–Crippen MR) is 80.9 cm³/mol. The number of benzene rings is 2. The zero-order valence-electron chi connectivity index (χ0n) is 11.2. The Kier molecular flexibility index (Phi) is 4.76. The molecular formula is C15H16N2O2S. The van der Waals surface area contributed by atoms with Gasteiger partial charge >= 0.3 is 0 Å². The van der Waals surface area contributed by atoms with Crippen molar-refractivity contribution in [1.82, 2.24) is 0 Å². The zero-order valence-corrected chi connectivity index (χ0v) is 12.0. The second kappa shape index (κ2) is 6.54. The second-order valence-corrected chi connectivity index (χ2v) is 5.58. The van der Waals surface area contributed by atoms with E-state index in [1.165, 1.54) is 12.1 Å². The van der Waals surface area contributed by atoms with Gasteiger partial charge in [0.1, 0.15) is 0 Å². The van der Waals surface area contributed by atoms with E-state index in [0.29, 0.717) is 0 Å². The lowest BCUT2D eigenvalue weighted by molar-refractivity contribution is -0.384. The highest BCUT2D eigenvalue weighted by Crippen LogP contribution is 2.29. The maximum absolute atomic E-state index is 10.6. The van der Waals surface area contributed by atoms with Crippen LogP contribution in [0.2, 0.25) is 0 Å². The summed E-state index contributed by atoms with van der Waals surface area (Å²) >= 11 is 1.57. The molecule has 0 saturated carbocycles. The third-order valence-corrected chi connectivity index (χ3v) is 4.05. The fourth-order valence-corrected chi connectivity index (χ4v) is 2.61. The average Bonchev–Trinajstić information content (AvgIpc) is 2.48. The molecule has 0 aromatic heterocycles. The van der Waals surface area contributed by atoms with Gasteiger partial charge in [0.05, 0.1) is 4.92 Å². The van der Waals surface area contributed by atoms with E-state index in [4.69, 9.17) is 5.73 Å². The van der Waals surface area contributed by atoms with Crippen LogP contribution < -0.4 is 5.73 Å². The summed E-state index contributed by atoms with van der Waals surface area (Å²) in [6, 6.07) is 14.7. The van der Waals surface area contributed by atoms with E-state index in [2.05, 4.69) is 6.92 Å². The summed E-state index contributed by atoms with van der Waals surface area (Å²) < 4.78 is 0. The molecule has 0 aliphatic heterocycles. The number of nitro benzene ring substituents is 1. The molecule has 5 heteroatoms. The van der Waals surface area contributed by atoms with Crippen LogP contribution in [0.4, 0.5) is 5.69 Å². The van der Waals surface area contributed by atoms with E-state index in [-0.39, 0.29) is 11.7 Å². The summed E-state index contributed by atoms with van der Waals surface area (Å²) in [4.78, 5) is 12.3. The van der Waals surface area contributed by atoms with Crippen molar-refractivity contribution in [3.05, 3.63) is 64.2 Å². The first-order valence-electron chi connectivity index (χ1n) is 6.38. The van der Waals surface area contributed by atoms with Crippen LogP contribution in [-0.2, 0) is 0 Å². The molecular weight excluding hydrogens is 272 g/mol. The molecule has 2 rings (SSSR count). The number of hydrogen-bond donors (Lipinski definition) is 1. The molecule has 0 radical (unpaired) electrons. The van der Waals surface area contributed by atoms with Crippen molar-refractivity contribution in [2.24, 2.45) is 5.73 Å². The van der Waals surface area contributed by atoms with Gasteiger partial charge in [-0.2, -0.15) is 0 Å². The predicted octanol–water partition coefficient (Wildman–Crippen LogP) is 4.16. The molecule has 2 aromatic rings. The molecule has 0 amide bonds. The minimum absolute atomic E-state index is 0.0772. The quantitative estimate of drug-likeness (QED) is 0.662. The second-order valence-electron chi connectivity index (χ2n) is 4.44. The Labute approximate surface area is 122 Å². The van der Waals surface area contributed by atoms with Gasteiger partial charge in [-0.3, -0.25) is 10.1 Å². The van der Waals surface area contributed by atoms with Crippen molar-refractivity contribution in [3.63, 3.8) is 0 Å². The monoisotopic (exact) mass is 288 g/mol. The Balaban J connectivity index is 2.08. The lowest BCUT2D eigenvalue weighted by atomic mass is 10.1. The molecule has 0 bridgehead atoms. The van der Waals surface area contributed by atoms with Crippen molar-refractivity contribution in [1.29, 1.82) is 0 Å². The Bertz CT molecular complexity index is 582. The van der Waals surface area contributed by atoms with Gasteiger partial charge in [-0.05, 0) is 36.2 Å². The standard InChI is InChI=1S/C15H16N2O2S/c1-2-15(16)11-3-7-13(8-4-11)20-14-9-5-12(6-10-14)17(18)19/h3-10,15H,2,16H2,1H3. The van der Waals surface area contributed by atoms with Gasteiger partial charge in [-0.1, -0.05) is 30.8 Å². The summed E-state index contributed by atoms with van der Waals surface area (Å²) in [5.41, 5.74) is 7.21. The molecule has 0 spiro atoms. The van der Waals surface area contributed by atoms with Crippen molar-refractivity contribution in [3.8, 4) is 0 Å². The van der Waals surface area contributed by atoms with Crippen LogP contribution in [0.1, 0.15) is 24.9 Å².